The SMILES string of the molecule is CNCc1ccc(Cl)cc1N(CCO)C1CCCC1. The predicted molar refractivity (Wildman–Crippen MR) is 80.9 cm³/mol. The van der Waals surface area contributed by atoms with Crippen LogP contribution in [0, 0.1) is 0 Å². The highest BCUT2D eigenvalue weighted by atomic mass is 35.5. The quantitative estimate of drug-likeness (QED) is 0.842. The first-order valence-electron chi connectivity index (χ1n) is 7.06. The number of benzene rings is 1. The highest BCUT2D eigenvalue weighted by Crippen LogP contribution is 2.32. The minimum atomic E-state index is 0.183. The zero-order valence-electron chi connectivity index (χ0n) is 11.5. The van der Waals surface area contributed by atoms with Crippen molar-refractivity contribution >= 4 is 17.3 Å². The monoisotopic (exact) mass is 282 g/mol. The highest BCUT2D eigenvalue weighted by molar-refractivity contribution is 6.30. The van der Waals surface area contributed by atoms with Gasteiger partial charge < -0.3 is 15.3 Å². The van der Waals surface area contributed by atoms with Gasteiger partial charge in [-0.05, 0) is 37.6 Å². The van der Waals surface area contributed by atoms with E-state index in [0.717, 1.165) is 11.6 Å². The molecule has 0 radical (unpaired) electrons. The van der Waals surface area contributed by atoms with Gasteiger partial charge in [-0.3, -0.25) is 0 Å². The molecule has 0 amide bonds. The first-order valence-corrected chi connectivity index (χ1v) is 7.44. The summed E-state index contributed by atoms with van der Waals surface area (Å²) >= 11 is 6.16. The molecule has 0 saturated heterocycles. The van der Waals surface area contributed by atoms with Crippen LogP contribution in [0.25, 0.3) is 0 Å². The molecule has 0 aliphatic heterocycles. The molecule has 1 aromatic rings. The van der Waals surface area contributed by atoms with E-state index in [-0.39, 0.29) is 6.61 Å². The van der Waals surface area contributed by atoms with Crippen molar-refractivity contribution in [1.82, 2.24) is 5.32 Å². The molecule has 19 heavy (non-hydrogen) atoms. The van der Waals surface area contributed by atoms with Crippen LogP contribution in [-0.4, -0.2) is 31.3 Å². The number of halogens is 1. The predicted octanol–water partition coefficient (Wildman–Crippen LogP) is 2.80. The van der Waals surface area contributed by atoms with E-state index in [4.69, 9.17) is 11.6 Å². The van der Waals surface area contributed by atoms with Gasteiger partial charge in [0.25, 0.3) is 0 Å². The second kappa shape index (κ2) is 7.13. The standard InChI is InChI=1S/C15H23ClN2O/c1-17-11-12-6-7-13(16)10-15(12)18(8-9-19)14-4-2-3-5-14/h6-7,10,14,17,19H,2-5,8-9,11H2,1H3. The molecule has 0 aromatic heterocycles. The van der Waals surface area contributed by atoms with Gasteiger partial charge in [0, 0.05) is 29.8 Å². The number of nitrogens with one attached hydrogen (secondary N) is 1. The number of nitrogens with zero attached hydrogens (tertiary/aromatic N) is 1. The Balaban J connectivity index is 2.30. The Morgan fingerprint density at radius 3 is 2.74 bits per heavy atom. The zero-order chi connectivity index (χ0) is 13.7. The van der Waals surface area contributed by atoms with Crippen LogP contribution in [0.5, 0.6) is 0 Å². The smallest absolute Gasteiger partial charge is 0.0606 e. The third kappa shape index (κ3) is 3.62. The maximum absolute atomic E-state index is 9.36. The number of rotatable bonds is 6. The fraction of sp³-hybridized carbons (Fsp3) is 0.600. The Morgan fingerprint density at radius 1 is 1.37 bits per heavy atom. The Hall–Kier alpha value is -0.770. The third-order valence-corrected chi connectivity index (χ3v) is 4.07. The molecule has 3 nitrogen and oxygen atoms in total. The average molecular weight is 283 g/mol. The van der Waals surface area contributed by atoms with Crippen LogP contribution in [0.4, 0.5) is 5.69 Å². The summed E-state index contributed by atoms with van der Waals surface area (Å²) in [6.07, 6.45) is 5.00. The van der Waals surface area contributed by atoms with E-state index in [9.17, 15) is 5.11 Å². The van der Waals surface area contributed by atoms with Gasteiger partial charge in [-0.25, -0.2) is 0 Å². The zero-order valence-corrected chi connectivity index (χ0v) is 12.3. The minimum Gasteiger partial charge on any atom is -0.395 e. The molecular formula is C15H23ClN2O. The molecule has 106 valence electrons. The first-order chi connectivity index (χ1) is 9.26. The lowest BCUT2D eigenvalue weighted by Gasteiger charge is -2.32. The number of anilines is 1. The molecule has 2 rings (SSSR count). The molecule has 1 saturated carbocycles. The Bertz CT molecular complexity index is 405. The summed E-state index contributed by atoms with van der Waals surface area (Å²) < 4.78 is 0. The van der Waals surface area contributed by atoms with E-state index in [2.05, 4.69) is 16.3 Å². The summed E-state index contributed by atoms with van der Waals surface area (Å²) in [7, 11) is 1.95. The van der Waals surface area contributed by atoms with E-state index >= 15 is 0 Å². The number of hydrogen-bond acceptors (Lipinski definition) is 3. The van der Waals surface area contributed by atoms with Crippen LogP contribution in [0.3, 0.4) is 0 Å². The van der Waals surface area contributed by atoms with Crippen LogP contribution in [0.2, 0.25) is 5.02 Å². The molecule has 1 fully saturated rings. The molecule has 4 heteroatoms. The van der Waals surface area contributed by atoms with Crippen LogP contribution in [0.1, 0.15) is 31.2 Å². The summed E-state index contributed by atoms with van der Waals surface area (Å²) in [4.78, 5) is 2.34. The van der Waals surface area contributed by atoms with Gasteiger partial charge in [-0.2, -0.15) is 0 Å². The van der Waals surface area contributed by atoms with E-state index in [0.29, 0.717) is 12.6 Å². The molecule has 0 unspecified atom stereocenters. The van der Waals surface area contributed by atoms with Gasteiger partial charge in [0.1, 0.15) is 0 Å². The van der Waals surface area contributed by atoms with Crippen molar-refractivity contribution in [3.8, 4) is 0 Å². The topological polar surface area (TPSA) is 35.5 Å². The fourth-order valence-electron chi connectivity index (χ4n) is 2.97. The normalized spacial score (nSPS) is 15.9. The summed E-state index contributed by atoms with van der Waals surface area (Å²) in [6.45, 7) is 1.69. The molecule has 1 aliphatic carbocycles. The molecule has 0 spiro atoms. The highest BCUT2D eigenvalue weighted by Gasteiger charge is 2.24. The minimum absolute atomic E-state index is 0.183. The van der Waals surface area contributed by atoms with Crippen molar-refractivity contribution in [3.05, 3.63) is 28.8 Å². The summed E-state index contributed by atoms with van der Waals surface area (Å²) in [5.74, 6) is 0. The lowest BCUT2D eigenvalue weighted by molar-refractivity contribution is 0.297. The van der Waals surface area contributed by atoms with Crippen LogP contribution < -0.4 is 10.2 Å². The molecule has 0 bridgehead atoms. The van der Waals surface area contributed by atoms with Crippen molar-refractivity contribution in [2.45, 2.75) is 38.3 Å². The number of aliphatic hydroxyl groups is 1. The first kappa shape index (κ1) is 14.6. The molecule has 1 aliphatic rings. The van der Waals surface area contributed by atoms with Gasteiger partial charge >= 0.3 is 0 Å². The van der Waals surface area contributed by atoms with E-state index in [1.807, 2.05) is 19.2 Å². The third-order valence-electron chi connectivity index (χ3n) is 3.83. The van der Waals surface area contributed by atoms with Gasteiger partial charge in [0.15, 0.2) is 0 Å². The molecule has 1 aromatic carbocycles. The maximum atomic E-state index is 9.36. The average Bonchev–Trinajstić information content (AvgIpc) is 2.92. The van der Waals surface area contributed by atoms with Crippen molar-refractivity contribution in [3.63, 3.8) is 0 Å². The van der Waals surface area contributed by atoms with Crippen molar-refractivity contribution < 1.29 is 5.11 Å². The van der Waals surface area contributed by atoms with E-state index < -0.39 is 0 Å². The van der Waals surface area contributed by atoms with Crippen molar-refractivity contribution in [1.29, 1.82) is 0 Å². The Morgan fingerprint density at radius 2 is 2.11 bits per heavy atom. The lowest BCUT2D eigenvalue weighted by Crippen LogP contribution is -2.36. The van der Waals surface area contributed by atoms with Gasteiger partial charge in [-0.15, -0.1) is 0 Å². The van der Waals surface area contributed by atoms with E-state index in [1.165, 1.54) is 36.9 Å². The summed E-state index contributed by atoms with van der Waals surface area (Å²) in [6, 6.07) is 6.58. The second-order valence-electron chi connectivity index (χ2n) is 5.16. The Kier molecular flexibility index (Phi) is 5.49. The summed E-state index contributed by atoms with van der Waals surface area (Å²) in [5.41, 5.74) is 2.41. The van der Waals surface area contributed by atoms with Crippen LogP contribution in [-0.2, 0) is 6.54 Å². The Labute approximate surface area is 120 Å². The van der Waals surface area contributed by atoms with Gasteiger partial charge in [0.05, 0.1) is 6.61 Å². The van der Waals surface area contributed by atoms with Crippen molar-refractivity contribution in [2.24, 2.45) is 0 Å². The fourth-order valence-corrected chi connectivity index (χ4v) is 3.13. The molecular weight excluding hydrogens is 260 g/mol. The van der Waals surface area contributed by atoms with Gasteiger partial charge in [-0.1, -0.05) is 30.5 Å². The lowest BCUT2D eigenvalue weighted by atomic mass is 10.1. The number of aliphatic hydroxyl groups excluding tert-OH is 1. The molecule has 2 N–H and O–H groups in total. The van der Waals surface area contributed by atoms with Crippen LogP contribution in [0.15, 0.2) is 18.2 Å². The van der Waals surface area contributed by atoms with Crippen molar-refractivity contribution in [2.75, 3.05) is 25.1 Å². The maximum Gasteiger partial charge on any atom is 0.0606 e. The molecule has 0 atom stereocenters. The largest absolute Gasteiger partial charge is 0.395 e. The second-order valence-corrected chi connectivity index (χ2v) is 5.60. The number of hydrogen-bond donors (Lipinski definition) is 2. The van der Waals surface area contributed by atoms with E-state index in [1.54, 1.807) is 0 Å². The van der Waals surface area contributed by atoms with Crippen LogP contribution >= 0.6 is 11.6 Å². The molecule has 0 heterocycles. The van der Waals surface area contributed by atoms with Gasteiger partial charge in [0.2, 0.25) is 0 Å². The summed E-state index contributed by atoms with van der Waals surface area (Å²) in [5, 5.41) is 13.3.